The fourth-order valence-electron chi connectivity index (χ4n) is 2.11. The van der Waals surface area contributed by atoms with Crippen molar-refractivity contribution in [2.75, 3.05) is 6.61 Å². The van der Waals surface area contributed by atoms with Crippen molar-refractivity contribution in [2.24, 2.45) is 0 Å². The lowest BCUT2D eigenvalue weighted by molar-refractivity contribution is 0.329. The second-order valence-electron chi connectivity index (χ2n) is 6.12. The van der Waals surface area contributed by atoms with Gasteiger partial charge >= 0.3 is 0 Å². The Morgan fingerprint density at radius 2 is 1.75 bits per heavy atom. The van der Waals surface area contributed by atoms with Crippen LogP contribution in [0.2, 0.25) is 0 Å². The van der Waals surface area contributed by atoms with Gasteiger partial charge in [0.25, 0.3) is 0 Å². The Hall–Kier alpha value is -1.42. The number of ether oxygens (including phenoxy) is 1. The molecule has 0 fully saturated rings. The van der Waals surface area contributed by atoms with Gasteiger partial charge in [-0.25, -0.2) is 0 Å². The summed E-state index contributed by atoms with van der Waals surface area (Å²) in [4.78, 5) is 0. The van der Waals surface area contributed by atoms with Crippen LogP contribution in [-0.2, 0) is 11.8 Å². The minimum Gasteiger partial charge on any atom is -0.494 e. The molecule has 0 heterocycles. The average molecular weight is 272 g/mol. The molecule has 0 N–H and O–H groups in total. The highest BCUT2D eigenvalue weighted by molar-refractivity contribution is 5.41. The zero-order valence-electron chi connectivity index (χ0n) is 13.7. The van der Waals surface area contributed by atoms with Crippen LogP contribution in [0.25, 0.3) is 0 Å². The normalized spacial score (nSPS) is 10.8. The topological polar surface area (TPSA) is 9.23 Å². The van der Waals surface area contributed by atoms with Gasteiger partial charge in [-0.05, 0) is 42.4 Å². The van der Waals surface area contributed by atoms with Crippen molar-refractivity contribution in [3.63, 3.8) is 0 Å². The second-order valence-corrected chi connectivity index (χ2v) is 6.12. The van der Waals surface area contributed by atoms with Gasteiger partial charge in [0.15, 0.2) is 0 Å². The first kappa shape index (κ1) is 16.6. The zero-order valence-corrected chi connectivity index (χ0v) is 13.7. The Kier molecular flexibility index (Phi) is 6.65. The molecule has 0 spiro atoms. The van der Waals surface area contributed by atoms with Crippen molar-refractivity contribution < 1.29 is 4.74 Å². The molecule has 1 aromatic carbocycles. The van der Waals surface area contributed by atoms with E-state index in [0.29, 0.717) is 6.61 Å². The number of benzene rings is 1. The molecule has 0 aliphatic rings. The van der Waals surface area contributed by atoms with Gasteiger partial charge in [-0.15, -0.1) is 11.8 Å². The standard InChI is InChI=1S/C19H28O/c1-6-8-9-10-11-12-16-13-14-18(20-7-2)17(15-16)19(3,4)5/h13-15H,6-8,11-12H2,1-5H3. The van der Waals surface area contributed by atoms with Crippen LogP contribution in [0, 0.1) is 11.8 Å². The van der Waals surface area contributed by atoms with Crippen molar-refractivity contribution in [1.29, 1.82) is 0 Å². The number of rotatable bonds is 5. The fraction of sp³-hybridized carbons (Fsp3) is 0.579. The fourth-order valence-corrected chi connectivity index (χ4v) is 2.11. The maximum atomic E-state index is 5.75. The summed E-state index contributed by atoms with van der Waals surface area (Å²) in [5.74, 6) is 7.47. The third kappa shape index (κ3) is 5.29. The van der Waals surface area contributed by atoms with E-state index >= 15 is 0 Å². The first-order chi connectivity index (χ1) is 9.49. The average Bonchev–Trinajstić information content (AvgIpc) is 2.39. The van der Waals surface area contributed by atoms with E-state index in [1.54, 1.807) is 0 Å². The minimum atomic E-state index is 0.106. The second kappa shape index (κ2) is 8.00. The molecule has 0 aliphatic carbocycles. The van der Waals surface area contributed by atoms with Gasteiger partial charge in [0.2, 0.25) is 0 Å². The first-order valence-electron chi connectivity index (χ1n) is 7.71. The summed E-state index contributed by atoms with van der Waals surface area (Å²) in [5, 5.41) is 0. The Balaban J connectivity index is 2.82. The van der Waals surface area contributed by atoms with Crippen LogP contribution < -0.4 is 4.74 Å². The number of hydrogen-bond donors (Lipinski definition) is 0. The maximum Gasteiger partial charge on any atom is 0.123 e. The van der Waals surface area contributed by atoms with Gasteiger partial charge in [0.05, 0.1) is 6.61 Å². The lowest BCUT2D eigenvalue weighted by Gasteiger charge is -2.23. The van der Waals surface area contributed by atoms with E-state index in [0.717, 1.165) is 31.4 Å². The Bertz CT molecular complexity index is 469. The van der Waals surface area contributed by atoms with Crippen LogP contribution >= 0.6 is 0 Å². The summed E-state index contributed by atoms with van der Waals surface area (Å²) in [6.45, 7) is 11.6. The highest BCUT2D eigenvalue weighted by Crippen LogP contribution is 2.32. The van der Waals surface area contributed by atoms with E-state index in [9.17, 15) is 0 Å². The third-order valence-corrected chi connectivity index (χ3v) is 3.19. The van der Waals surface area contributed by atoms with Crippen molar-refractivity contribution in [3.8, 4) is 17.6 Å². The molecule has 1 rings (SSSR count). The smallest absolute Gasteiger partial charge is 0.123 e. The van der Waals surface area contributed by atoms with Gasteiger partial charge < -0.3 is 4.74 Å². The van der Waals surface area contributed by atoms with E-state index in [1.165, 1.54) is 11.1 Å². The molecule has 1 nitrogen and oxygen atoms in total. The van der Waals surface area contributed by atoms with Crippen LogP contribution in [0.3, 0.4) is 0 Å². The summed E-state index contributed by atoms with van der Waals surface area (Å²) >= 11 is 0. The van der Waals surface area contributed by atoms with E-state index < -0.39 is 0 Å². The number of unbranched alkanes of at least 4 members (excludes halogenated alkanes) is 1. The highest BCUT2D eigenvalue weighted by atomic mass is 16.5. The Labute approximate surface area is 124 Å². The lowest BCUT2D eigenvalue weighted by atomic mass is 9.85. The molecule has 1 heteroatoms. The molecule has 20 heavy (non-hydrogen) atoms. The molecular formula is C19H28O. The summed E-state index contributed by atoms with van der Waals surface area (Å²) in [7, 11) is 0. The largest absolute Gasteiger partial charge is 0.494 e. The number of hydrogen-bond acceptors (Lipinski definition) is 1. The van der Waals surface area contributed by atoms with Gasteiger partial charge in [-0.3, -0.25) is 0 Å². The molecule has 0 radical (unpaired) electrons. The van der Waals surface area contributed by atoms with Crippen LogP contribution in [0.5, 0.6) is 5.75 Å². The quantitative estimate of drug-likeness (QED) is 0.676. The van der Waals surface area contributed by atoms with Crippen LogP contribution in [-0.4, -0.2) is 6.61 Å². The molecule has 1 aromatic rings. The monoisotopic (exact) mass is 272 g/mol. The predicted octanol–water partition coefficient (Wildman–Crippen LogP) is 5.12. The van der Waals surface area contributed by atoms with E-state index in [1.807, 2.05) is 6.92 Å². The van der Waals surface area contributed by atoms with E-state index in [-0.39, 0.29) is 5.41 Å². The molecule has 0 aliphatic heterocycles. The van der Waals surface area contributed by atoms with Crippen LogP contribution in [0.15, 0.2) is 18.2 Å². The molecule has 0 amide bonds. The third-order valence-electron chi connectivity index (χ3n) is 3.19. The zero-order chi connectivity index (χ0) is 15.0. The SMILES string of the molecule is CCCC#CCCc1ccc(OCC)c(C(C)(C)C)c1. The van der Waals surface area contributed by atoms with Gasteiger partial charge in [0, 0.05) is 12.8 Å². The van der Waals surface area contributed by atoms with Crippen molar-refractivity contribution >= 4 is 0 Å². The molecule has 110 valence electrons. The Morgan fingerprint density at radius 3 is 2.35 bits per heavy atom. The van der Waals surface area contributed by atoms with Crippen molar-refractivity contribution in [2.45, 2.75) is 65.7 Å². The van der Waals surface area contributed by atoms with Gasteiger partial charge in [-0.1, -0.05) is 39.8 Å². The Morgan fingerprint density at radius 1 is 1.05 bits per heavy atom. The summed E-state index contributed by atoms with van der Waals surface area (Å²) in [6.07, 6.45) is 4.12. The molecule has 0 saturated carbocycles. The lowest BCUT2D eigenvalue weighted by Crippen LogP contribution is -2.14. The molecule has 0 aromatic heterocycles. The van der Waals surface area contributed by atoms with E-state index in [2.05, 4.69) is 57.7 Å². The summed E-state index contributed by atoms with van der Waals surface area (Å²) in [6, 6.07) is 6.56. The first-order valence-corrected chi connectivity index (χ1v) is 7.71. The van der Waals surface area contributed by atoms with Gasteiger partial charge in [-0.2, -0.15) is 0 Å². The van der Waals surface area contributed by atoms with Crippen LogP contribution in [0.4, 0.5) is 0 Å². The molecular weight excluding hydrogens is 244 g/mol. The predicted molar refractivity (Wildman–Crippen MR) is 87.3 cm³/mol. The molecule has 0 unspecified atom stereocenters. The van der Waals surface area contributed by atoms with Gasteiger partial charge in [0.1, 0.15) is 5.75 Å². The van der Waals surface area contributed by atoms with Crippen molar-refractivity contribution in [3.05, 3.63) is 29.3 Å². The maximum absolute atomic E-state index is 5.75. The summed E-state index contributed by atoms with van der Waals surface area (Å²) in [5.41, 5.74) is 2.75. The van der Waals surface area contributed by atoms with Crippen molar-refractivity contribution in [1.82, 2.24) is 0 Å². The molecule has 0 atom stereocenters. The van der Waals surface area contributed by atoms with E-state index in [4.69, 9.17) is 4.74 Å². The number of aryl methyl sites for hydroxylation is 1. The summed E-state index contributed by atoms with van der Waals surface area (Å²) < 4.78 is 5.75. The van der Waals surface area contributed by atoms with Crippen LogP contribution in [0.1, 0.15) is 65.0 Å². The highest BCUT2D eigenvalue weighted by Gasteiger charge is 2.19. The minimum absolute atomic E-state index is 0.106. The molecule has 0 bridgehead atoms. The molecule has 0 saturated heterocycles.